The van der Waals surface area contributed by atoms with Gasteiger partial charge in [-0.1, -0.05) is 17.7 Å². The molecule has 0 aliphatic carbocycles. The zero-order valence-electron chi connectivity index (χ0n) is 15.7. The number of rotatable bonds is 6. The third kappa shape index (κ3) is 5.02. The van der Waals surface area contributed by atoms with E-state index >= 15 is 0 Å². The Morgan fingerprint density at radius 1 is 0.929 bits per heavy atom. The number of hydrogen-bond donors (Lipinski definition) is 2. The van der Waals surface area contributed by atoms with Gasteiger partial charge in [0.05, 0.1) is 13.1 Å². The highest BCUT2D eigenvalue weighted by molar-refractivity contribution is 6.30. The van der Waals surface area contributed by atoms with Crippen molar-refractivity contribution in [2.75, 3.05) is 6.54 Å². The average molecular weight is 397 g/mol. The van der Waals surface area contributed by atoms with Crippen molar-refractivity contribution in [2.45, 2.75) is 20.4 Å². The topological polar surface area (TPSA) is 71.3 Å². The standard InChI is InChI=1S/C22H21ClN2O3/c1-14-3-4-17(11-15(14)2)22(27)25-13-21(26)24-12-19-9-10-20(28-19)16-5-7-18(23)8-6-16/h3-11H,12-13H2,1-2H3,(H,24,26)(H,25,27). The van der Waals surface area contributed by atoms with Crippen LogP contribution in [0.2, 0.25) is 5.02 Å². The number of carbonyl (C=O) groups is 2. The highest BCUT2D eigenvalue weighted by Gasteiger charge is 2.10. The van der Waals surface area contributed by atoms with Crippen molar-refractivity contribution < 1.29 is 14.0 Å². The van der Waals surface area contributed by atoms with E-state index in [-0.39, 0.29) is 24.9 Å². The molecule has 0 aliphatic heterocycles. The molecule has 3 aromatic rings. The van der Waals surface area contributed by atoms with E-state index < -0.39 is 0 Å². The van der Waals surface area contributed by atoms with E-state index in [9.17, 15) is 9.59 Å². The van der Waals surface area contributed by atoms with Crippen molar-refractivity contribution in [1.29, 1.82) is 0 Å². The highest BCUT2D eigenvalue weighted by atomic mass is 35.5. The van der Waals surface area contributed by atoms with Gasteiger partial charge >= 0.3 is 0 Å². The number of carbonyl (C=O) groups excluding carboxylic acids is 2. The molecule has 0 saturated carbocycles. The molecule has 2 N–H and O–H groups in total. The van der Waals surface area contributed by atoms with Crippen molar-refractivity contribution in [3.05, 3.63) is 82.1 Å². The molecule has 2 amide bonds. The average Bonchev–Trinajstić information content (AvgIpc) is 3.16. The van der Waals surface area contributed by atoms with Gasteiger partial charge in [0, 0.05) is 16.1 Å². The summed E-state index contributed by atoms with van der Waals surface area (Å²) in [4.78, 5) is 24.2. The van der Waals surface area contributed by atoms with Crippen molar-refractivity contribution in [2.24, 2.45) is 0 Å². The van der Waals surface area contributed by atoms with Crippen LogP contribution in [0.25, 0.3) is 11.3 Å². The summed E-state index contributed by atoms with van der Waals surface area (Å²) in [5.41, 5.74) is 3.59. The van der Waals surface area contributed by atoms with Gasteiger partial charge in [0.15, 0.2) is 0 Å². The maximum absolute atomic E-state index is 12.2. The minimum Gasteiger partial charge on any atom is -0.459 e. The summed E-state index contributed by atoms with van der Waals surface area (Å²) in [6.07, 6.45) is 0. The summed E-state index contributed by atoms with van der Waals surface area (Å²) in [6, 6.07) is 16.4. The second-order valence-corrected chi connectivity index (χ2v) is 6.97. The molecule has 5 nitrogen and oxygen atoms in total. The SMILES string of the molecule is Cc1ccc(C(=O)NCC(=O)NCc2ccc(-c3ccc(Cl)cc3)o2)cc1C. The Morgan fingerprint density at radius 3 is 2.39 bits per heavy atom. The fourth-order valence-electron chi connectivity index (χ4n) is 2.64. The molecule has 2 aromatic carbocycles. The Hall–Kier alpha value is -3.05. The molecule has 0 aliphatic rings. The number of halogens is 1. The first-order chi connectivity index (χ1) is 13.4. The molecular formula is C22H21ClN2O3. The van der Waals surface area contributed by atoms with E-state index in [0.29, 0.717) is 22.1 Å². The Morgan fingerprint density at radius 2 is 1.68 bits per heavy atom. The molecule has 28 heavy (non-hydrogen) atoms. The van der Waals surface area contributed by atoms with Gasteiger partial charge in [-0.3, -0.25) is 9.59 Å². The maximum atomic E-state index is 12.2. The summed E-state index contributed by atoms with van der Waals surface area (Å²) in [5, 5.41) is 6.01. The van der Waals surface area contributed by atoms with Crippen LogP contribution in [0.15, 0.2) is 59.0 Å². The molecule has 1 aromatic heterocycles. The summed E-state index contributed by atoms with van der Waals surface area (Å²) >= 11 is 5.89. The first kappa shape index (κ1) is 19.7. The quantitative estimate of drug-likeness (QED) is 0.653. The van der Waals surface area contributed by atoms with Gasteiger partial charge in [-0.25, -0.2) is 0 Å². The normalized spacial score (nSPS) is 10.5. The zero-order valence-corrected chi connectivity index (χ0v) is 16.5. The molecule has 0 unspecified atom stereocenters. The molecular weight excluding hydrogens is 376 g/mol. The second-order valence-electron chi connectivity index (χ2n) is 6.53. The van der Waals surface area contributed by atoms with E-state index in [2.05, 4.69) is 10.6 Å². The van der Waals surface area contributed by atoms with Gasteiger partial charge < -0.3 is 15.1 Å². The molecule has 0 spiro atoms. The van der Waals surface area contributed by atoms with Crippen LogP contribution in [0.4, 0.5) is 0 Å². The van der Waals surface area contributed by atoms with Crippen LogP contribution in [-0.2, 0) is 11.3 Å². The first-order valence-corrected chi connectivity index (χ1v) is 9.27. The van der Waals surface area contributed by atoms with Crippen LogP contribution in [0, 0.1) is 13.8 Å². The third-order valence-corrected chi connectivity index (χ3v) is 4.68. The van der Waals surface area contributed by atoms with Gasteiger partial charge in [0.25, 0.3) is 5.91 Å². The van der Waals surface area contributed by atoms with Gasteiger partial charge in [-0.15, -0.1) is 0 Å². The second kappa shape index (κ2) is 8.76. The lowest BCUT2D eigenvalue weighted by atomic mass is 10.1. The predicted molar refractivity (Wildman–Crippen MR) is 109 cm³/mol. The van der Waals surface area contributed by atoms with Crippen LogP contribution in [0.5, 0.6) is 0 Å². The fourth-order valence-corrected chi connectivity index (χ4v) is 2.76. The summed E-state index contributed by atoms with van der Waals surface area (Å²) in [5.74, 6) is 0.755. The minimum absolute atomic E-state index is 0.101. The van der Waals surface area contributed by atoms with Gasteiger partial charge in [0.2, 0.25) is 5.91 Å². The monoisotopic (exact) mass is 396 g/mol. The summed E-state index contributed by atoms with van der Waals surface area (Å²) in [7, 11) is 0. The van der Waals surface area contributed by atoms with Crippen molar-refractivity contribution >= 4 is 23.4 Å². The molecule has 0 bridgehead atoms. The fraction of sp³-hybridized carbons (Fsp3) is 0.182. The lowest BCUT2D eigenvalue weighted by Crippen LogP contribution is -2.36. The Balaban J connectivity index is 1.48. The number of aryl methyl sites for hydroxylation is 2. The predicted octanol–water partition coefficient (Wildman–Crippen LogP) is 4.26. The van der Waals surface area contributed by atoms with Crippen LogP contribution < -0.4 is 10.6 Å². The number of nitrogens with one attached hydrogen (secondary N) is 2. The van der Waals surface area contributed by atoms with Crippen molar-refractivity contribution in [3.63, 3.8) is 0 Å². The van der Waals surface area contributed by atoms with Crippen molar-refractivity contribution in [1.82, 2.24) is 10.6 Å². The van der Waals surface area contributed by atoms with E-state index in [1.165, 1.54) is 0 Å². The highest BCUT2D eigenvalue weighted by Crippen LogP contribution is 2.23. The van der Waals surface area contributed by atoms with Crippen molar-refractivity contribution in [3.8, 4) is 11.3 Å². The molecule has 0 saturated heterocycles. The molecule has 144 valence electrons. The van der Waals surface area contributed by atoms with Gasteiger partial charge in [-0.05, 0) is 73.5 Å². The molecule has 0 fully saturated rings. The number of benzene rings is 2. The molecule has 3 rings (SSSR count). The zero-order chi connectivity index (χ0) is 20.1. The van der Waals surface area contributed by atoms with E-state index in [4.69, 9.17) is 16.0 Å². The van der Waals surface area contributed by atoms with Crippen LogP contribution in [0.1, 0.15) is 27.2 Å². The Labute approximate surface area is 168 Å². The van der Waals surface area contributed by atoms with E-state index in [0.717, 1.165) is 16.7 Å². The Bertz CT molecular complexity index is 993. The van der Waals surface area contributed by atoms with Gasteiger partial charge in [-0.2, -0.15) is 0 Å². The molecule has 6 heteroatoms. The van der Waals surface area contributed by atoms with E-state index in [1.54, 1.807) is 24.3 Å². The number of amides is 2. The van der Waals surface area contributed by atoms with Crippen LogP contribution in [0.3, 0.4) is 0 Å². The maximum Gasteiger partial charge on any atom is 0.251 e. The van der Waals surface area contributed by atoms with Gasteiger partial charge in [0.1, 0.15) is 11.5 Å². The van der Waals surface area contributed by atoms with E-state index in [1.807, 2.05) is 44.2 Å². The largest absolute Gasteiger partial charge is 0.459 e. The van der Waals surface area contributed by atoms with Crippen LogP contribution >= 0.6 is 11.6 Å². The summed E-state index contributed by atoms with van der Waals surface area (Å²) < 4.78 is 5.73. The molecule has 1 heterocycles. The number of furan rings is 1. The molecule has 0 atom stereocenters. The lowest BCUT2D eigenvalue weighted by Gasteiger charge is -2.07. The first-order valence-electron chi connectivity index (χ1n) is 8.89. The number of hydrogen-bond acceptors (Lipinski definition) is 3. The third-order valence-electron chi connectivity index (χ3n) is 4.43. The smallest absolute Gasteiger partial charge is 0.251 e. The summed E-state index contributed by atoms with van der Waals surface area (Å²) in [6.45, 7) is 4.07. The lowest BCUT2D eigenvalue weighted by molar-refractivity contribution is -0.120. The Kier molecular flexibility index (Phi) is 6.16. The minimum atomic E-state index is -0.290. The van der Waals surface area contributed by atoms with Crippen LogP contribution in [-0.4, -0.2) is 18.4 Å². The molecule has 0 radical (unpaired) electrons.